The Morgan fingerprint density at radius 3 is 2.60 bits per heavy atom. The third-order valence-corrected chi connectivity index (χ3v) is 5.94. The van der Waals surface area contributed by atoms with Crippen LogP contribution in [-0.2, 0) is 15.9 Å². The minimum atomic E-state index is -3.44. The first-order valence-electron chi connectivity index (χ1n) is 6.80. The lowest BCUT2D eigenvalue weighted by molar-refractivity contribution is 0.249. The molecular formula is C14H20ClNO3S. The van der Waals surface area contributed by atoms with Gasteiger partial charge < -0.3 is 4.74 Å². The van der Waals surface area contributed by atoms with E-state index in [-0.39, 0.29) is 16.8 Å². The second-order valence-corrected chi connectivity index (χ2v) is 7.21. The molecule has 4 nitrogen and oxygen atoms in total. The summed E-state index contributed by atoms with van der Waals surface area (Å²) in [4.78, 5) is 0.283. The van der Waals surface area contributed by atoms with E-state index in [1.165, 1.54) is 4.31 Å². The van der Waals surface area contributed by atoms with Crippen LogP contribution in [-0.4, -0.2) is 32.4 Å². The smallest absolute Gasteiger partial charge is 0.243 e. The number of hydrogen-bond donors (Lipinski definition) is 0. The molecule has 0 unspecified atom stereocenters. The van der Waals surface area contributed by atoms with Crippen molar-refractivity contribution in [1.29, 1.82) is 0 Å². The van der Waals surface area contributed by atoms with E-state index < -0.39 is 10.0 Å². The van der Waals surface area contributed by atoms with Crippen LogP contribution in [0.1, 0.15) is 31.7 Å². The first-order chi connectivity index (χ1) is 9.50. The Kier molecular flexibility index (Phi) is 4.94. The van der Waals surface area contributed by atoms with Crippen LogP contribution in [0.3, 0.4) is 0 Å². The molecule has 0 spiro atoms. The van der Waals surface area contributed by atoms with Crippen molar-refractivity contribution in [1.82, 2.24) is 4.31 Å². The van der Waals surface area contributed by atoms with Crippen LogP contribution in [0.4, 0.5) is 0 Å². The van der Waals surface area contributed by atoms with Gasteiger partial charge in [0.25, 0.3) is 0 Å². The molecule has 6 heteroatoms. The fourth-order valence-corrected chi connectivity index (χ4v) is 3.91. The molecule has 1 saturated carbocycles. The summed E-state index contributed by atoms with van der Waals surface area (Å²) in [6.07, 6.45) is 2.98. The first-order valence-corrected chi connectivity index (χ1v) is 8.78. The molecule has 20 heavy (non-hydrogen) atoms. The van der Waals surface area contributed by atoms with E-state index in [4.69, 9.17) is 16.3 Å². The molecule has 0 radical (unpaired) electrons. The average molecular weight is 318 g/mol. The molecule has 1 aromatic carbocycles. The SMILES string of the molecule is CCOc1ccc(S(=O)(=O)N(C)C2CCC2)cc1CCl. The van der Waals surface area contributed by atoms with E-state index in [0.29, 0.717) is 17.9 Å². The third-order valence-electron chi connectivity index (χ3n) is 3.74. The summed E-state index contributed by atoms with van der Waals surface area (Å²) >= 11 is 5.88. The van der Waals surface area contributed by atoms with Gasteiger partial charge in [-0.1, -0.05) is 6.42 Å². The van der Waals surface area contributed by atoms with Crippen molar-refractivity contribution in [3.8, 4) is 5.75 Å². The van der Waals surface area contributed by atoms with Gasteiger partial charge in [0.2, 0.25) is 10.0 Å². The number of alkyl halides is 1. The lowest BCUT2D eigenvalue weighted by Gasteiger charge is -2.33. The summed E-state index contributed by atoms with van der Waals surface area (Å²) < 4.78 is 32.0. The molecule has 112 valence electrons. The molecule has 0 aromatic heterocycles. The van der Waals surface area contributed by atoms with E-state index >= 15 is 0 Å². The van der Waals surface area contributed by atoms with Crippen molar-refractivity contribution in [3.05, 3.63) is 23.8 Å². The zero-order chi connectivity index (χ0) is 14.8. The molecule has 1 aromatic rings. The molecular weight excluding hydrogens is 298 g/mol. The molecule has 2 rings (SSSR count). The Morgan fingerprint density at radius 1 is 1.40 bits per heavy atom. The third kappa shape index (κ3) is 2.95. The fourth-order valence-electron chi connectivity index (χ4n) is 2.23. The normalized spacial score (nSPS) is 16.2. The minimum absolute atomic E-state index is 0.131. The summed E-state index contributed by atoms with van der Waals surface area (Å²) in [5.74, 6) is 0.874. The van der Waals surface area contributed by atoms with Gasteiger partial charge in [-0.2, -0.15) is 4.31 Å². The van der Waals surface area contributed by atoms with E-state index in [1.54, 1.807) is 25.2 Å². The van der Waals surface area contributed by atoms with Gasteiger partial charge in [0.05, 0.1) is 17.4 Å². The van der Waals surface area contributed by atoms with Gasteiger partial charge in [0.1, 0.15) is 5.75 Å². The topological polar surface area (TPSA) is 46.6 Å². The Hall–Kier alpha value is -0.780. The van der Waals surface area contributed by atoms with Crippen molar-refractivity contribution in [2.75, 3.05) is 13.7 Å². The van der Waals surface area contributed by atoms with E-state index in [1.807, 2.05) is 6.92 Å². The Bertz CT molecular complexity index is 570. The molecule has 0 bridgehead atoms. The second-order valence-electron chi connectivity index (χ2n) is 4.94. The van der Waals surface area contributed by atoms with Crippen molar-refractivity contribution in [2.45, 2.75) is 43.0 Å². The molecule has 0 aliphatic heterocycles. The zero-order valence-electron chi connectivity index (χ0n) is 11.8. The Balaban J connectivity index is 2.31. The highest BCUT2D eigenvalue weighted by Crippen LogP contribution is 2.30. The van der Waals surface area contributed by atoms with Gasteiger partial charge in [0, 0.05) is 18.7 Å². The largest absolute Gasteiger partial charge is 0.494 e. The number of hydrogen-bond acceptors (Lipinski definition) is 3. The lowest BCUT2D eigenvalue weighted by Crippen LogP contribution is -2.41. The van der Waals surface area contributed by atoms with Crippen LogP contribution in [0, 0.1) is 0 Å². The van der Waals surface area contributed by atoms with Gasteiger partial charge in [-0.3, -0.25) is 0 Å². The summed E-state index contributed by atoms with van der Waals surface area (Å²) in [5, 5.41) is 0. The number of halogens is 1. The number of ether oxygens (including phenoxy) is 1. The summed E-state index contributed by atoms with van der Waals surface area (Å²) in [6, 6.07) is 5.02. The maximum Gasteiger partial charge on any atom is 0.243 e. The van der Waals surface area contributed by atoms with Crippen LogP contribution < -0.4 is 4.74 Å². The van der Waals surface area contributed by atoms with Crippen LogP contribution >= 0.6 is 11.6 Å². The molecule has 0 amide bonds. The zero-order valence-corrected chi connectivity index (χ0v) is 13.4. The molecule has 0 heterocycles. The molecule has 0 N–H and O–H groups in total. The van der Waals surface area contributed by atoms with Crippen LogP contribution in [0.25, 0.3) is 0 Å². The standard InChI is InChI=1S/C14H20ClNO3S/c1-3-19-14-8-7-13(9-11(14)10-15)20(17,18)16(2)12-5-4-6-12/h7-9,12H,3-6,10H2,1-2H3. The number of rotatable bonds is 6. The quantitative estimate of drug-likeness (QED) is 0.758. The highest BCUT2D eigenvalue weighted by Gasteiger charge is 2.32. The Labute approximate surface area is 125 Å². The van der Waals surface area contributed by atoms with Gasteiger partial charge >= 0.3 is 0 Å². The lowest BCUT2D eigenvalue weighted by atomic mass is 9.94. The Morgan fingerprint density at radius 2 is 2.10 bits per heavy atom. The van der Waals surface area contributed by atoms with Crippen LogP contribution in [0.5, 0.6) is 5.75 Å². The van der Waals surface area contributed by atoms with Gasteiger partial charge in [-0.05, 0) is 38.0 Å². The maximum atomic E-state index is 12.5. The minimum Gasteiger partial charge on any atom is -0.494 e. The average Bonchev–Trinajstić information content (AvgIpc) is 2.37. The summed E-state index contributed by atoms with van der Waals surface area (Å²) in [6.45, 7) is 2.41. The second kappa shape index (κ2) is 6.33. The predicted molar refractivity (Wildman–Crippen MR) is 79.8 cm³/mol. The predicted octanol–water partition coefficient (Wildman–Crippen LogP) is 3.00. The van der Waals surface area contributed by atoms with Gasteiger partial charge in [-0.15, -0.1) is 11.6 Å². The number of benzene rings is 1. The van der Waals surface area contributed by atoms with Gasteiger partial charge in [-0.25, -0.2) is 8.42 Å². The summed E-state index contributed by atoms with van der Waals surface area (Å²) in [7, 11) is -1.80. The van der Waals surface area contributed by atoms with Crippen molar-refractivity contribution in [2.24, 2.45) is 0 Å². The van der Waals surface area contributed by atoms with E-state index in [0.717, 1.165) is 19.3 Å². The molecule has 1 aliphatic carbocycles. The number of sulfonamides is 1. The van der Waals surface area contributed by atoms with Crippen LogP contribution in [0.15, 0.2) is 23.1 Å². The molecule has 1 fully saturated rings. The van der Waals surface area contributed by atoms with Gasteiger partial charge in [0.15, 0.2) is 0 Å². The van der Waals surface area contributed by atoms with Crippen LogP contribution in [0.2, 0.25) is 0 Å². The van der Waals surface area contributed by atoms with Crippen molar-refractivity contribution >= 4 is 21.6 Å². The fraction of sp³-hybridized carbons (Fsp3) is 0.571. The molecule has 0 atom stereocenters. The number of nitrogens with zero attached hydrogens (tertiary/aromatic N) is 1. The summed E-state index contributed by atoms with van der Waals surface area (Å²) in [5.41, 5.74) is 0.705. The monoisotopic (exact) mass is 317 g/mol. The highest BCUT2D eigenvalue weighted by molar-refractivity contribution is 7.89. The van der Waals surface area contributed by atoms with Crippen molar-refractivity contribution < 1.29 is 13.2 Å². The van der Waals surface area contributed by atoms with Crippen molar-refractivity contribution in [3.63, 3.8) is 0 Å². The molecule has 0 saturated heterocycles. The molecule has 1 aliphatic rings. The van der Waals surface area contributed by atoms with E-state index in [9.17, 15) is 8.42 Å². The highest BCUT2D eigenvalue weighted by atomic mass is 35.5. The first kappa shape index (κ1) is 15.6. The van der Waals surface area contributed by atoms with E-state index in [2.05, 4.69) is 0 Å². The maximum absolute atomic E-state index is 12.5.